The highest BCUT2D eigenvalue weighted by Gasteiger charge is 2.01. The molecule has 0 unspecified atom stereocenters. The Hall–Kier alpha value is -2.12. The van der Waals surface area contributed by atoms with Crippen molar-refractivity contribution in [2.24, 2.45) is 0 Å². The van der Waals surface area contributed by atoms with E-state index in [1.807, 2.05) is 37.3 Å². The van der Waals surface area contributed by atoms with Gasteiger partial charge in [-0.05, 0) is 30.7 Å². The van der Waals surface area contributed by atoms with Crippen LogP contribution in [0.1, 0.15) is 17.0 Å². The highest BCUT2D eigenvalue weighted by Crippen LogP contribution is 2.12. The maximum Gasteiger partial charge on any atom is 0.224 e. The first-order valence-electron chi connectivity index (χ1n) is 5.41. The minimum atomic E-state index is 0.357. The minimum absolute atomic E-state index is 0.357. The van der Waals surface area contributed by atoms with Gasteiger partial charge in [0, 0.05) is 17.3 Å². The molecule has 4 nitrogen and oxygen atoms in total. The van der Waals surface area contributed by atoms with Gasteiger partial charge in [-0.1, -0.05) is 23.7 Å². The van der Waals surface area contributed by atoms with Crippen molar-refractivity contribution >= 4 is 17.5 Å². The van der Waals surface area contributed by atoms with Crippen molar-refractivity contribution < 1.29 is 0 Å². The first kappa shape index (κ1) is 12.3. The van der Waals surface area contributed by atoms with Crippen LogP contribution < -0.4 is 5.32 Å². The predicted molar refractivity (Wildman–Crippen MR) is 70.3 cm³/mol. The van der Waals surface area contributed by atoms with Gasteiger partial charge in [0.25, 0.3) is 0 Å². The van der Waals surface area contributed by atoms with E-state index in [0.29, 0.717) is 23.2 Å². The Bertz CT molecular complexity index is 604. The number of benzene rings is 1. The molecule has 0 aliphatic carbocycles. The van der Waals surface area contributed by atoms with E-state index >= 15 is 0 Å². The number of nitrogens with one attached hydrogen (secondary N) is 1. The van der Waals surface area contributed by atoms with Gasteiger partial charge >= 0.3 is 0 Å². The van der Waals surface area contributed by atoms with Crippen LogP contribution in [-0.2, 0) is 6.54 Å². The summed E-state index contributed by atoms with van der Waals surface area (Å²) in [5.74, 6) is 0.450. The van der Waals surface area contributed by atoms with Gasteiger partial charge in [0.2, 0.25) is 5.95 Å². The van der Waals surface area contributed by atoms with Crippen LogP contribution in [-0.4, -0.2) is 9.97 Å². The number of hydrogen-bond donors (Lipinski definition) is 1. The van der Waals surface area contributed by atoms with E-state index in [1.54, 1.807) is 6.07 Å². The molecule has 0 saturated heterocycles. The maximum atomic E-state index is 8.82. The summed E-state index contributed by atoms with van der Waals surface area (Å²) in [4.78, 5) is 8.29. The number of rotatable bonds is 3. The molecule has 0 aliphatic rings. The third-order valence-corrected chi connectivity index (χ3v) is 2.54. The molecule has 5 heteroatoms. The molecule has 18 heavy (non-hydrogen) atoms. The van der Waals surface area contributed by atoms with Crippen LogP contribution in [0.5, 0.6) is 0 Å². The first-order chi connectivity index (χ1) is 8.67. The van der Waals surface area contributed by atoms with Crippen LogP contribution >= 0.6 is 11.6 Å². The second-order valence-corrected chi connectivity index (χ2v) is 4.25. The van der Waals surface area contributed by atoms with Gasteiger partial charge in [0.15, 0.2) is 0 Å². The zero-order valence-corrected chi connectivity index (χ0v) is 10.6. The van der Waals surface area contributed by atoms with Crippen molar-refractivity contribution in [2.45, 2.75) is 13.5 Å². The normalized spacial score (nSPS) is 9.83. The van der Waals surface area contributed by atoms with Crippen molar-refractivity contribution in [3.63, 3.8) is 0 Å². The number of aromatic nitrogens is 2. The Morgan fingerprint density at radius 1 is 1.33 bits per heavy atom. The number of halogens is 1. The lowest BCUT2D eigenvalue weighted by Gasteiger charge is -2.06. The van der Waals surface area contributed by atoms with E-state index in [1.165, 1.54) is 0 Å². The third-order valence-electron chi connectivity index (χ3n) is 2.31. The van der Waals surface area contributed by atoms with Crippen molar-refractivity contribution in [1.29, 1.82) is 5.26 Å². The molecule has 1 aromatic heterocycles. The number of nitriles is 1. The third kappa shape index (κ3) is 3.19. The lowest BCUT2D eigenvalue weighted by Crippen LogP contribution is -2.05. The number of nitrogens with zero attached hydrogens (tertiary/aromatic N) is 3. The highest BCUT2D eigenvalue weighted by atomic mass is 35.5. The van der Waals surface area contributed by atoms with Crippen LogP contribution in [0.25, 0.3) is 0 Å². The van der Waals surface area contributed by atoms with E-state index in [4.69, 9.17) is 16.9 Å². The first-order valence-corrected chi connectivity index (χ1v) is 5.79. The molecule has 0 radical (unpaired) electrons. The summed E-state index contributed by atoms with van der Waals surface area (Å²) >= 11 is 5.90. The molecule has 2 rings (SSSR count). The lowest BCUT2D eigenvalue weighted by atomic mass is 10.2. The topological polar surface area (TPSA) is 61.6 Å². The molecule has 0 atom stereocenters. The van der Waals surface area contributed by atoms with Crippen molar-refractivity contribution in [2.75, 3.05) is 5.32 Å². The van der Waals surface area contributed by atoms with Crippen molar-refractivity contribution in [3.05, 3.63) is 52.3 Å². The van der Waals surface area contributed by atoms with Gasteiger partial charge < -0.3 is 5.32 Å². The molecule has 1 N–H and O–H groups in total. The molecule has 0 amide bonds. The van der Waals surface area contributed by atoms with Gasteiger partial charge in [-0.25, -0.2) is 9.97 Å². The molecular formula is C13H11ClN4. The van der Waals surface area contributed by atoms with Gasteiger partial charge in [-0.2, -0.15) is 5.26 Å². The molecular weight excluding hydrogens is 248 g/mol. The maximum absolute atomic E-state index is 8.82. The Labute approximate surface area is 110 Å². The second kappa shape index (κ2) is 5.48. The molecule has 90 valence electrons. The average molecular weight is 259 g/mol. The van der Waals surface area contributed by atoms with Crippen molar-refractivity contribution in [1.82, 2.24) is 9.97 Å². The Morgan fingerprint density at radius 3 is 2.89 bits per heavy atom. The van der Waals surface area contributed by atoms with Crippen LogP contribution in [0.15, 0.2) is 30.3 Å². The summed E-state index contributed by atoms with van der Waals surface area (Å²) < 4.78 is 0. The zero-order valence-electron chi connectivity index (χ0n) is 9.81. The molecule has 0 aliphatic heterocycles. The van der Waals surface area contributed by atoms with Crippen LogP contribution in [0, 0.1) is 18.3 Å². The fraction of sp³-hybridized carbons (Fsp3) is 0.154. The summed E-state index contributed by atoms with van der Waals surface area (Å²) in [5.41, 5.74) is 2.15. The minimum Gasteiger partial charge on any atom is -0.350 e. The predicted octanol–water partition coefficient (Wildman–Crippen LogP) is 2.92. The molecule has 0 fully saturated rings. The summed E-state index contributed by atoms with van der Waals surface area (Å²) in [5, 5.41) is 12.6. The van der Waals surface area contributed by atoms with E-state index in [0.717, 1.165) is 11.3 Å². The second-order valence-electron chi connectivity index (χ2n) is 3.81. The lowest BCUT2D eigenvalue weighted by molar-refractivity contribution is 1.02. The van der Waals surface area contributed by atoms with Gasteiger partial charge in [-0.3, -0.25) is 0 Å². The van der Waals surface area contributed by atoms with Crippen LogP contribution in [0.3, 0.4) is 0 Å². The monoisotopic (exact) mass is 258 g/mol. The zero-order chi connectivity index (χ0) is 13.0. The Balaban J connectivity index is 2.11. The van der Waals surface area contributed by atoms with Gasteiger partial charge in [-0.15, -0.1) is 0 Å². The number of hydrogen-bond acceptors (Lipinski definition) is 4. The Kier molecular flexibility index (Phi) is 3.75. The standard InChI is InChI=1S/C13H11ClN4/c1-9-5-12(7-15)18-13(17-9)16-8-10-3-2-4-11(14)6-10/h2-6H,8H2,1H3,(H,16,17,18). The van der Waals surface area contributed by atoms with E-state index < -0.39 is 0 Å². The fourth-order valence-electron chi connectivity index (χ4n) is 1.53. The highest BCUT2D eigenvalue weighted by molar-refractivity contribution is 6.30. The number of anilines is 1. The van der Waals surface area contributed by atoms with Crippen molar-refractivity contribution in [3.8, 4) is 6.07 Å². The SMILES string of the molecule is Cc1cc(C#N)nc(NCc2cccc(Cl)c2)n1. The van der Waals surface area contributed by atoms with Crippen LogP contribution in [0.2, 0.25) is 5.02 Å². The largest absolute Gasteiger partial charge is 0.350 e. The molecule has 1 heterocycles. The molecule has 0 spiro atoms. The van der Waals surface area contributed by atoms with E-state index in [-0.39, 0.29) is 0 Å². The molecule has 0 saturated carbocycles. The summed E-state index contributed by atoms with van der Waals surface area (Å²) in [6, 6.07) is 11.2. The molecule has 2 aromatic rings. The van der Waals surface area contributed by atoms with Crippen LogP contribution in [0.4, 0.5) is 5.95 Å². The fourth-order valence-corrected chi connectivity index (χ4v) is 1.75. The Morgan fingerprint density at radius 2 is 2.17 bits per heavy atom. The summed E-state index contributed by atoms with van der Waals surface area (Å²) in [7, 11) is 0. The smallest absolute Gasteiger partial charge is 0.224 e. The van der Waals surface area contributed by atoms with E-state index in [2.05, 4.69) is 15.3 Å². The number of aryl methyl sites for hydroxylation is 1. The summed E-state index contributed by atoms with van der Waals surface area (Å²) in [6.45, 7) is 2.39. The molecule has 1 aromatic carbocycles. The summed E-state index contributed by atoms with van der Waals surface area (Å²) in [6.07, 6.45) is 0. The van der Waals surface area contributed by atoms with Gasteiger partial charge in [0.05, 0.1) is 0 Å². The quantitative estimate of drug-likeness (QED) is 0.920. The molecule has 0 bridgehead atoms. The van der Waals surface area contributed by atoms with E-state index in [9.17, 15) is 0 Å². The van der Waals surface area contributed by atoms with Gasteiger partial charge in [0.1, 0.15) is 11.8 Å². The average Bonchev–Trinajstić information content (AvgIpc) is 2.36.